The quantitative estimate of drug-likeness (QED) is 0.117. The Bertz CT molecular complexity index is 524. The Balaban J connectivity index is -0.0000000343. The van der Waals surface area contributed by atoms with Gasteiger partial charge in [0, 0.05) is 46.5 Å². The van der Waals surface area contributed by atoms with Crippen molar-refractivity contribution in [3.8, 4) is 0 Å². The molecule has 0 fully saturated rings. The first-order chi connectivity index (χ1) is 11.6. The molecule has 0 rings (SSSR count). The first-order valence-corrected chi connectivity index (χ1v) is 6.30. The minimum absolute atomic E-state index is 0. The third-order valence-corrected chi connectivity index (χ3v) is 2.56. The van der Waals surface area contributed by atoms with Crippen molar-refractivity contribution in [2.75, 3.05) is 0 Å². The van der Waals surface area contributed by atoms with Crippen LogP contribution in [0.1, 0.15) is 25.7 Å². The fraction of sp³-hybridized carbons (Fsp3) is 0.500. The first kappa shape index (κ1) is 63.8. The van der Waals surface area contributed by atoms with Crippen molar-refractivity contribution in [2.24, 2.45) is 0 Å². The molecule has 34 heavy (non-hydrogen) atoms. The van der Waals surface area contributed by atoms with Crippen molar-refractivity contribution < 1.29 is 124 Å². The zero-order chi connectivity index (χ0) is 21.3. The Morgan fingerprint density at radius 1 is 0.529 bits per heavy atom. The number of hydrogen-bond acceptors (Lipinski definition) is 10. The first-order valence-electron chi connectivity index (χ1n) is 6.30. The number of carboxylic acids is 6. The number of carboxylic acid groups (broad SMARTS) is 6. The Morgan fingerprint density at radius 3 is 0.824 bits per heavy atom. The minimum Gasteiger partial charge on any atom is -0.550 e. The average molecular weight is 676 g/mol. The van der Waals surface area contributed by atoms with Gasteiger partial charge in [0.1, 0.15) is 0 Å². The van der Waals surface area contributed by atoms with Gasteiger partial charge in [0.25, 0.3) is 0 Å². The van der Waals surface area contributed by atoms with E-state index in [2.05, 4.69) is 0 Å². The summed E-state index contributed by atoms with van der Waals surface area (Å²) >= 11 is 0. The van der Waals surface area contributed by atoms with Crippen LogP contribution in [0.3, 0.4) is 0 Å². The molecule has 0 amide bonds. The number of aliphatic hydroxyl groups is 2. The van der Waals surface area contributed by atoms with Crippen molar-refractivity contribution >= 4 is 84.7 Å². The summed E-state index contributed by atoms with van der Waals surface area (Å²) in [4.78, 5) is 60.7. The summed E-state index contributed by atoms with van der Waals surface area (Å²) in [5, 5.41) is 71.0. The van der Waals surface area contributed by atoms with Gasteiger partial charge in [-0.25, -0.2) is 9.59 Å². The number of rotatable bonds is 10. The third kappa shape index (κ3) is 28.8. The molecule has 0 heterocycles. The molecule has 0 aromatic carbocycles. The van der Waals surface area contributed by atoms with E-state index in [0.717, 1.165) is 0 Å². The Hall–Kier alpha value is -1.21. The van der Waals surface area contributed by atoms with E-state index in [1.807, 2.05) is 0 Å². The average Bonchev–Trinajstić information content (AvgIpc) is 2.34. The van der Waals surface area contributed by atoms with E-state index < -0.39 is 72.7 Å². The predicted molar refractivity (Wildman–Crippen MR) is 96.4 cm³/mol. The fourth-order valence-corrected chi connectivity index (χ4v) is 1.41. The van der Waals surface area contributed by atoms with E-state index in [-0.39, 0.29) is 103 Å². The van der Waals surface area contributed by atoms with Gasteiger partial charge in [0.2, 0.25) is 0 Å². The zero-order valence-electron chi connectivity index (χ0n) is 17.0. The second-order valence-corrected chi connectivity index (χ2v) is 4.91. The van der Waals surface area contributed by atoms with E-state index in [1.54, 1.807) is 0 Å². The van der Waals surface area contributed by atoms with Crippen LogP contribution in [-0.2, 0) is 50.5 Å². The monoisotopic (exact) mass is 676 g/mol. The van der Waals surface area contributed by atoms with Crippen molar-refractivity contribution in [1.82, 2.24) is 0 Å². The molecule has 0 saturated carbocycles. The molecule has 0 unspecified atom stereocenters. The van der Waals surface area contributed by atoms with Crippen LogP contribution in [0.2, 0.25) is 0 Å². The van der Waals surface area contributed by atoms with Crippen LogP contribution >= 0.6 is 0 Å². The van der Waals surface area contributed by atoms with Gasteiger partial charge in [-0.2, -0.15) is 0 Å². The van der Waals surface area contributed by atoms with Gasteiger partial charge in [0.15, 0.2) is 11.2 Å². The normalized spacial score (nSPS) is 8.29. The van der Waals surface area contributed by atoms with Crippen molar-refractivity contribution in [1.29, 1.82) is 0 Å². The molecule has 0 radical (unpaired) electrons. The smallest absolute Gasteiger partial charge is 0.550 e. The second-order valence-electron chi connectivity index (χ2n) is 4.91. The molecule has 0 aliphatic carbocycles. The number of carbonyl (C=O) groups is 6. The topological polar surface area (TPSA) is 459 Å². The number of hydrogen-bond donors (Lipinski definition) is 6. The van der Waals surface area contributed by atoms with Crippen LogP contribution in [0, 0.1) is 0 Å². The predicted octanol–water partition coefficient (Wildman–Crippen LogP) is -10.5. The maximum Gasteiger partial charge on any atom is 2.00 e. The third-order valence-electron chi connectivity index (χ3n) is 2.56. The maximum atomic E-state index is 10.3. The van der Waals surface area contributed by atoms with Crippen LogP contribution in [0.25, 0.3) is 0 Å². The van der Waals surface area contributed by atoms with E-state index >= 15 is 0 Å². The fourth-order valence-electron chi connectivity index (χ4n) is 1.41. The molecule has 0 atom stereocenters. The van der Waals surface area contributed by atoms with Crippen LogP contribution in [0.15, 0.2) is 0 Å². The Kier molecular flexibility index (Phi) is 52.6. The standard InChI is InChI=1S/2C6H8O7.Ba.6H2O.Ti/c2*7-3(8)1-6(13,5(11)12)2-4(9)10;;;;;;;;/h2*13H,1-2H2,(H,7,8)(H,9,10)(H,11,12);;6*1H2;/q;;+2;;;;;;;/p-2. The van der Waals surface area contributed by atoms with E-state index in [9.17, 15) is 39.0 Å². The Morgan fingerprint density at radius 2 is 0.706 bits per heavy atom. The molecule has 0 saturated heterocycles. The van der Waals surface area contributed by atoms with Gasteiger partial charge in [-0.05, 0) is 0 Å². The largest absolute Gasteiger partial charge is 2.00 e. The second kappa shape index (κ2) is 28.0. The van der Waals surface area contributed by atoms with Crippen molar-refractivity contribution in [3.63, 3.8) is 0 Å². The van der Waals surface area contributed by atoms with Gasteiger partial charge in [-0.3, -0.25) is 9.59 Å². The van der Waals surface area contributed by atoms with Gasteiger partial charge in [-0.15, -0.1) is 0 Å². The van der Waals surface area contributed by atoms with E-state index in [0.29, 0.717) is 0 Å². The van der Waals surface area contributed by atoms with Gasteiger partial charge in [-0.1, -0.05) is 0 Å². The molecule has 0 aromatic heterocycles. The van der Waals surface area contributed by atoms with Crippen molar-refractivity contribution in [3.05, 3.63) is 0 Å². The summed E-state index contributed by atoms with van der Waals surface area (Å²) in [5.41, 5.74) is -5.60. The molecular formula is C12H26BaO20Ti. The zero-order valence-corrected chi connectivity index (χ0v) is 23.0. The van der Waals surface area contributed by atoms with Gasteiger partial charge in [0.05, 0.1) is 12.8 Å². The maximum absolute atomic E-state index is 10.3. The molecule has 22 heteroatoms. The molecule has 0 aliphatic rings. The molecule has 20 nitrogen and oxygen atoms in total. The SMILES string of the molecule is O.O.O.O.O.O.O=C(O)CC(O)(CC(=O)O)C(=O)O.O=C([O-])CC(O)(CC(=O)[O-])C(=O)O.[Ba+2].[Ti]. The summed E-state index contributed by atoms with van der Waals surface area (Å²) in [6.07, 6.45) is -4.88. The van der Waals surface area contributed by atoms with E-state index in [4.69, 9.17) is 30.6 Å². The summed E-state index contributed by atoms with van der Waals surface area (Å²) in [7, 11) is 0. The molecule has 200 valence electrons. The summed E-state index contributed by atoms with van der Waals surface area (Å²) in [6.45, 7) is 0. The van der Waals surface area contributed by atoms with Crippen LogP contribution < -0.4 is 10.2 Å². The summed E-state index contributed by atoms with van der Waals surface area (Å²) in [6, 6.07) is 0. The van der Waals surface area contributed by atoms with E-state index in [1.165, 1.54) is 0 Å². The molecule has 18 N–H and O–H groups in total. The van der Waals surface area contributed by atoms with Crippen LogP contribution in [-0.4, -0.2) is 159 Å². The van der Waals surface area contributed by atoms with Gasteiger partial charge < -0.3 is 83.3 Å². The molecule has 0 aliphatic heterocycles. The minimum atomic E-state index is -2.86. The molecule has 0 bridgehead atoms. The molecule has 0 aromatic rings. The van der Waals surface area contributed by atoms with Gasteiger partial charge >= 0.3 is 72.8 Å². The van der Waals surface area contributed by atoms with Crippen LogP contribution in [0.5, 0.6) is 0 Å². The molecular weight excluding hydrogens is 649 g/mol. The Labute approximate surface area is 244 Å². The number of carbonyl (C=O) groups excluding carboxylic acids is 2. The summed E-state index contributed by atoms with van der Waals surface area (Å²) in [5.74, 6) is -10.7. The van der Waals surface area contributed by atoms with Crippen LogP contribution in [0.4, 0.5) is 0 Å². The molecule has 0 spiro atoms. The summed E-state index contributed by atoms with van der Waals surface area (Å²) < 4.78 is 0. The van der Waals surface area contributed by atoms with Crippen molar-refractivity contribution in [2.45, 2.75) is 36.9 Å². The number of aliphatic carboxylic acids is 6.